The van der Waals surface area contributed by atoms with E-state index < -0.39 is 17.3 Å². The van der Waals surface area contributed by atoms with E-state index >= 15 is 0 Å². The number of amides is 3. The van der Waals surface area contributed by atoms with Crippen LogP contribution in [0.4, 0.5) is 0 Å². The Bertz CT molecular complexity index is 637. The van der Waals surface area contributed by atoms with Crippen LogP contribution in [0.2, 0.25) is 0 Å². The average molecular weight is 408 g/mol. The van der Waals surface area contributed by atoms with Gasteiger partial charge in [0.05, 0.1) is 5.25 Å². The summed E-state index contributed by atoms with van der Waals surface area (Å²) in [6.45, 7) is 5.94. The third-order valence-corrected chi connectivity index (χ3v) is 4.86. The highest BCUT2D eigenvalue weighted by Gasteiger charge is 2.28. The van der Waals surface area contributed by atoms with Gasteiger partial charge in [-0.2, -0.15) is 12.6 Å². The molecule has 0 saturated carbocycles. The minimum atomic E-state index is -0.714. The van der Waals surface area contributed by atoms with Gasteiger partial charge in [-0.05, 0) is 24.3 Å². The molecular formula is C21H33N3O3S. The molecule has 28 heavy (non-hydrogen) atoms. The number of benzene rings is 1. The van der Waals surface area contributed by atoms with Crippen LogP contribution in [0.15, 0.2) is 30.3 Å². The van der Waals surface area contributed by atoms with Crippen molar-refractivity contribution < 1.29 is 14.4 Å². The van der Waals surface area contributed by atoms with Crippen LogP contribution in [0.3, 0.4) is 0 Å². The Morgan fingerprint density at radius 2 is 1.57 bits per heavy atom. The molecule has 1 rings (SSSR count). The lowest BCUT2D eigenvalue weighted by atomic mass is 10.0. The summed E-state index contributed by atoms with van der Waals surface area (Å²) < 4.78 is 0. The zero-order valence-electron chi connectivity index (χ0n) is 17.2. The number of nitrogens with one attached hydrogen (secondary N) is 3. The SMILES string of the molecule is CCCC(S)C(=O)NC(CC(C)C)C(=O)N[C@@H](Cc1ccccc1)C(=O)NC. The molecule has 1 aromatic rings. The molecule has 3 N–H and O–H groups in total. The standard InChI is InChI=1S/C21H33N3O3S/c1-5-9-18(28)21(27)24-16(12-14(2)3)20(26)23-17(19(25)22-4)13-15-10-7-6-8-11-15/h6-8,10-11,14,16-18,28H,5,9,12-13H2,1-4H3,(H,22,25)(H,23,26)(H,24,27)/t16?,17-,18?/m0/s1. The second-order valence-electron chi connectivity index (χ2n) is 7.36. The fourth-order valence-corrected chi connectivity index (χ4v) is 3.21. The van der Waals surface area contributed by atoms with Crippen LogP contribution in [0.1, 0.15) is 45.6 Å². The number of carbonyl (C=O) groups is 3. The molecule has 0 aliphatic carbocycles. The van der Waals surface area contributed by atoms with Crippen LogP contribution < -0.4 is 16.0 Å². The number of likely N-dealkylation sites (N-methyl/N-ethyl adjacent to an activating group) is 1. The highest BCUT2D eigenvalue weighted by Crippen LogP contribution is 2.10. The Labute approximate surface area is 173 Å². The fourth-order valence-electron chi connectivity index (χ4n) is 2.88. The first-order chi connectivity index (χ1) is 13.3. The van der Waals surface area contributed by atoms with Crippen LogP contribution in [-0.2, 0) is 20.8 Å². The first-order valence-electron chi connectivity index (χ1n) is 9.82. The van der Waals surface area contributed by atoms with E-state index in [9.17, 15) is 14.4 Å². The van der Waals surface area contributed by atoms with E-state index in [2.05, 4.69) is 28.6 Å². The maximum absolute atomic E-state index is 12.9. The van der Waals surface area contributed by atoms with Gasteiger partial charge in [0.1, 0.15) is 12.1 Å². The minimum Gasteiger partial charge on any atom is -0.357 e. The third kappa shape index (κ3) is 8.33. The van der Waals surface area contributed by atoms with Crippen molar-refractivity contribution in [3.05, 3.63) is 35.9 Å². The maximum atomic E-state index is 12.9. The van der Waals surface area contributed by atoms with Gasteiger partial charge in [-0.15, -0.1) is 0 Å². The van der Waals surface area contributed by atoms with Crippen LogP contribution in [0.5, 0.6) is 0 Å². The predicted octanol–water partition coefficient (Wildman–Crippen LogP) is 2.09. The monoisotopic (exact) mass is 407 g/mol. The molecular weight excluding hydrogens is 374 g/mol. The Kier molecular flexibility index (Phi) is 10.7. The first kappa shape index (κ1) is 24.0. The Balaban J connectivity index is 2.88. The zero-order valence-corrected chi connectivity index (χ0v) is 18.1. The molecule has 2 unspecified atom stereocenters. The molecule has 0 spiro atoms. The van der Waals surface area contributed by atoms with Gasteiger partial charge < -0.3 is 16.0 Å². The van der Waals surface area contributed by atoms with Crippen LogP contribution in [0, 0.1) is 5.92 Å². The summed E-state index contributed by atoms with van der Waals surface area (Å²) in [7, 11) is 1.54. The second-order valence-corrected chi connectivity index (χ2v) is 7.98. The van der Waals surface area contributed by atoms with Crippen molar-refractivity contribution in [3.8, 4) is 0 Å². The summed E-state index contributed by atoms with van der Waals surface area (Å²) in [6.07, 6.45) is 2.33. The third-order valence-electron chi connectivity index (χ3n) is 4.37. The van der Waals surface area contributed by atoms with Gasteiger partial charge in [-0.1, -0.05) is 57.5 Å². The van der Waals surface area contributed by atoms with Crippen molar-refractivity contribution in [2.24, 2.45) is 5.92 Å². The van der Waals surface area contributed by atoms with Gasteiger partial charge in [-0.3, -0.25) is 14.4 Å². The minimum absolute atomic E-state index is 0.202. The van der Waals surface area contributed by atoms with Crippen molar-refractivity contribution in [3.63, 3.8) is 0 Å². The molecule has 0 aromatic heterocycles. The molecule has 0 heterocycles. The van der Waals surface area contributed by atoms with Crippen molar-refractivity contribution >= 4 is 30.4 Å². The van der Waals surface area contributed by atoms with Crippen LogP contribution >= 0.6 is 12.6 Å². The van der Waals surface area contributed by atoms with Crippen molar-refractivity contribution in [1.82, 2.24) is 16.0 Å². The predicted molar refractivity (Wildman–Crippen MR) is 115 cm³/mol. The Hall–Kier alpha value is -2.02. The van der Waals surface area contributed by atoms with Crippen molar-refractivity contribution in [2.45, 2.75) is 63.8 Å². The Morgan fingerprint density at radius 1 is 0.964 bits per heavy atom. The number of rotatable bonds is 11. The van der Waals surface area contributed by atoms with E-state index in [0.29, 0.717) is 19.3 Å². The maximum Gasteiger partial charge on any atom is 0.243 e. The first-order valence-corrected chi connectivity index (χ1v) is 10.3. The molecule has 6 nitrogen and oxygen atoms in total. The second kappa shape index (κ2) is 12.4. The molecule has 156 valence electrons. The van der Waals surface area contributed by atoms with Crippen molar-refractivity contribution in [1.29, 1.82) is 0 Å². The van der Waals surface area contributed by atoms with E-state index in [4.69, 9.17) is 0 Å². The van der Waals surface area contributed by atoms with E-state index in [1.807, 2.05) is 51.1 Å². The van der Waals surface area contributed by atoms with Crippen LogP contribution in [0.25, 0.3) is 0 Å². The number of hydrogen-bond donors (Lipinski definition) is 4. The van der Waals surface area contributed by atoms with E-state index in [0.717, 1.165) is 12.0 Å². The van der Waals surface area contributed by atoms with Crippen molar-refractivity contribution in [2.75, 3.05) is 7.05 Å². The summed E-state index contributed by atoms with van der Waals surface area (Å²) in [5, 5.41) is 7.75. The number of carbonyl (C=O) groups excluding carboxylic acids is 3. The van der Waals surface area contributed by atoms with Gasteiger partial charge >= 0.3 is 0 Å². The topological polar surface area (TPSA) is 87.3 Å². The van der Waals surface area contributed by atoms with Gasteiger partial charge in [-0.25, -0.2) is 0 Å². The molecule has 7 heteroatoms. The summed E-state index contributed by atoms with van der Waals surface area (Å²) in [5.41, 5.74) is 0.944. The molecule has 0 aliphatic heterocycles. The van der Waals surface area contributed by atoms with Gasteiger partial charge in [0.25, 0.3) is 0 Å². The van der Waals surface area contributed by atoms with E-state index in [-0.39, 0.29) is 23.6 Å². The largest absolute Gasteiger partial charge is 0.357 e. The highest BCUT2D eigenvalue weighted by atomic mass is 32.1. The lowest BCUT2D eigenvalue weighted by Gasteiger charge is -2.25. The Morgan fingerprint density at radius 3 is 2.11 bits per heavy atom. The smallest absolute Gasteiger partial charge is 0.243 e. The lowest BCUT2D eigenvalue weighted by Crippen LogP contribution is -2.55. The molecule has 0 saturated heterocycles. The summed E-state index contributed by atoms with van der Waals surface area (Å²) in [4.78, 5) is 37.5. The zero-order chi connectivity index (χ0) is 21.1. The van der Waals surface area contributed by atoms with E-state index in [1.165, 1.54) is 7.05 Å². The average Bonchev–Trinajstić information content (AvgIpc) is 2.66. The molecule has 3 amide bonds. The molecule has 3 atom stereocenters. The number of thiol groups is 1. The highest BCUT2D eigenvalue weighted by molar-refractivity contribution is 7.81. The van der Waals surface area contributed by atoms with Gasteiger partial charge in [0.2, 0.25) is 17.7 Å². The summed E-state index contributed by atoms with van der Waals surface area (Å²) >= 11 is 4.31. The summed E-state index contributed by atoms with van der Waals surface area (Å²) in [5.74, 6) is -0.688. The van der Waals surface area contributed by atoms with E-state index in [1.54, 1.807) is 0 Å². The summed E-state index contributed by atoms with van der Waals surface area (Å²) in [6, 6.07) is 8.07. The normalized spacial score (nSPS) is 14.1. The van der Waals surface area contributed by atoms with Gasteiger partial charge in [0.15, 0.2) is 0 Å². The molecule has 0 fully saturated rings. The molecule has 1 aromatic carbocycles. The lowest BCUT2D eigenvalue weighted by molar-refractivity contribution is -0.132. The quantitative estimate of drug-likeness (QED) is 0.424. The molecule has 0 radical (unpaired) electrons. The molecule has 0 bridgehead atoms. The van der Waals surface area contributed by atoms with Gasteiger partial charge in [0, 0.05) is 13.5 Å². The van der Waals surface area contributed by atoms with Crippen LogP contribution in [-0.4, -0.2) is 42.1 Å². The fraction of sp³-hybridized carbons (Fsp3) is 0.571. The molecule has 0 aliphatic rings. The number of hydrogen-bond acceptors (Lipinski definition) is 4.